The zero-order valence-electron chi connectivity index (χ0n) is 18.6. The van der Waals surface area contributed by atoms with Crippen LogP contribution >= 0.6 is 57.5 Å². The fourth-order valence-electron chi connectivity index (χ4n) is 3.97. The third-order valence-corrected chi connectivity index (χ3v) is 9.61. The number of carbonyl (C=O) groups is 2. The van der Waals surface area contributed by atoms with Crippen LogP contribution < -0.4 is 15.4 Å². The van der Waals surface area contributed by atoms with Crippen LogP contribution in [0.3, 0.4) is 0 Å². The summed E-state index contributed by atoms with van der Waals surface area (Å²) in [6, 6.07) is 1.74. The van der Waals surface area contributed by atoms with Gasteiger partial charge < -0.3 is 20.2 Å². The Kier molecular flexibility index (Phi) is 8.16. The van der Waals surface area contributed by atoms with Crippen molar-refractivity contribution in [2.45, 2.75) is 43.9 Å². The summed E-state index contributed by atoms with van der Waals surface area (Å²) in [5, 5.41) is 16.5. The SMILES string of the molecule is N#CCNC(=O)CNC(=O)Oc1sc(C2=NOC(c3sc(Cl)c(Cl)c3Cl)(C(F)(F)F)C2)c2c1CCCC2. The topological polar surface area (TPSA) is 113 Å². The van der Waals surface area contributed by atoms with Crippen molar-refractivity contribution in [3.05, 3.63) is 35.3 Å². The summed E-state index contributed by atoms with van der Waals surface area (Å²) in [5.41, 5.74) is -1.41. The van der Waals surface area contributed by atoms with E-state index in [1.54, 1.807) is 6.07 Å². The molecule has 4 rings (SSSR count). The maximum Gasteiger partial charge on any atom is 0.436 e. The quantitative estimate of drug-likeness (QED) is 0.390. The molecule has 1 aliphatic heterocycles. The van der Waals surface area contributed by atoms with Gasteiger partial charge in [-0.2, -0.15) is 18.4 Å². The number of ether oxygens (including phenoxy) is 1. The highest BCUT2D eigenvalue weighted by molar-refractivity contribution is 7.18. The first-order chi connectivity index (χ1) is 17.5. The molecular formula is C21H16Cl3F3N4O4S2. The molecule has 0 saturated carbocycles. The zero-order chi connectivity index (χ0) is 27.0. The molecule has 0 saturated heterocycles. The van der Waals surface area contributed by atoms with E-state index in [-0.39, 0.29) is 31.7 Å². The maximum absolute atomic E-state index is 14.4. The van der Waals surface area contributed by atoms with E-state index in [1.165, 1.54) is 0 Å². The van der Waals surface area contributed by atoms with Crippen LogP contribution in [0.5, 0.6) is 5.06 Å². The first-order valence-corrected chi connectivity index (χ1v) is 13.4. The lowest BCUT2D eigenvalue weighted by atomic mass is 9.89. The normalized spacial score (nSPS) is 18.9. The molecule has 2 aromatic heterocycles. The van der Waals surface area contributed by atoms with Gasteiger partial charge in [0.1, 0.15) is 23.1 Å². The van der Waals surface area contributed by atoms with E-state index >= 15 is 0 Å². The third-order valence-electron chi connectivity index (χ3n) is 5.70. The van der Waals surface area contributed by atoms with Gasteiger partial charge in [-0.25, -0.2) is 4.79 Å². The molecule has 16 heteroatoms. The average molecular weight is 616 g/mol. The van der Waals surface area contributed by atoms with Crippen LogP contribution in [0.2, 0.25) is 14.4 Å². The molecule has 0 spiro atoms. The summed E-state index contributed by atoms with van der Waals surface area (Å²) in [7, 11) is 0. The van der Waals surface area contributed by atoms with Gasteiger partial charge in [0.15, 0.2) is 5.06 Å². The van der Waals surface area contributed by atoms with Gasteiger partial charge in [-0.05, 0) is 31.2 Å². The Hall–Kier alpha value is -2.24. The minimum absolute atomic E-state index is 0.0309. The van der Waals surface area contributed by atoms with E-state index in [4.69, 9.17) is 49.6 Å². The third kappa shape index (κ3) is 5.35. The molecule has 0 fully saturated rings. The van der Waals surface area contributed by atoms with Gasteiger partial charge in [-0.15, -0.1) is 11.3 Å². The summed E-state index contributed by atoms with van der Waals surface area (Å²) in [6.07, 6.45) is -3.80. The Morgan fingerprint density at radius 1 is 1.14 bits per heavy atom. The number of halogens is 6. The van der Waals surface area contributed by atoms with Gasteiger partial charge in [0.05, 0.1) is 32.3 Å². The van der Waals surface area contributed by atoms with Gasteiger partial charge >= 0.3 is 12.3 Å². The van der Waals surface area contributed by atoms with E-state index < -0.39 is 41.6 Å². The number of rotatable bonds is 6. The first-order valence-electron chi connectivity index (χ1n) is 10.7. The first kappa shape index (κ1) is 27.8. The highest BCUT2D eigenvalue weighted by Gasteiger charge is 2.64. The van der Waals surface area contributed by atoms with Crippen molar-refractivity contribution in [3.63, 3.8) is 0 Å². The van der Waals surface area contributed by atoms with Crippen molar-refractivity contribution >= 4 is 75.2 Å². The zero-order valence-corrected chi connectivity index (χ0v) is 22.5. The predicted octanol–water partition coefficient (Wildman–Crippen LogP) is 5.96. The number of alkyl halides is 3. The molecule has 0 aromatic carbocycles. The number of hydrogen-bond donors (Lipinski definition) is 2. The lowest BCUT2D eigenvalue weighted by molar-refractivity contribution is -0.274. The number of nitriles is 1. The average Bonchev–Trinajstić information content (AvgIpc) is 3.53. The lowest BCUT2D eigenvalue weighted by Gasteiger charge is -2.28. The maximum atomic E-state index is 14.4. The van der Waals surface area contributed by atoms with Crippen LogP contribution in [-0.2, 0) is 28.1 Å². The number of oxime groups is 1. The fraction of sp³-hybridized carbons (Fsp3) is 0.429. The summed E-state index contributed by atoms with van der Waals surface area (Å²) >= 11 is 19.6. The van der Waals surface area contributed by atoms with Crippen molar-refractivity contribution in [1.82, 2.24) is 10.6 Å². The van der Waals surface area contributed by atoms with Crippen molar-refractivity contribution in [2.24, 2.45) is 5.16 Å². The van der Waals surface area contributed by atoms with Crippen LogP contribution in [0.15, 0.2) is 5.16 Å². The largest absolute Gasteiger partial charge is 0.436 e. The molecule has 37 heavy (non-hydrogen) atoms. The molecule has 2 aromatic rings. The second-order valence-corrected chi connectivity index (χ2v) is 11.4. The minimum Gasteiger partial charge on any atom is -0.399 e. The predicted molar refractivity (Wildman–Crippen MR) is 133 cm³/mol. The van der Waals surface area contributed by atoms with Gasteiger partial charge in [0.2, 0.25) is 5.91 Å². The molecular weight excluding hydrogens is 600 g/mol. The highest BCUT2D eigenvalue weighted by Crippen LogP contribution is 2.56. The van der Waals surface area contributed by atoms with E-state index in [0.717, 1.165) is 29.7 Å². The van der Waals surface area contributed by atoms with E-state index in [9.17, 15) is 22.8 Å². The van der Waals surface area contributed by atoms with Crippen LogP contribution in [0.1, 0.15) is 40.1 Å². The van der Waals surface area contributed by atoms with Crippen LogP contribution in [0, 0.1) is 11.3 Å². The van der Waals surface area contributed by atoms with Crippen molar-refractivity contribution < 1.29 is 32.3 Å². The monoisotopic (exact) mass is 614 g/mol. The van der Waals surface area contributed by atoms with Crippen LogP contribution in [0.4, 0.5) is 18.0 Å². The molecule has 198 valence electrons. The summed E-state index contributed by atoms with van der Waals surface area (Å²) in [5.74, 6) is -0.583. The molecule has 1 unspecified atom stereocenters. The van der Waals surface area contributed by atoms with E-state index in [1.807, 2.05) is 0 Å². The Balaban J connectivity index is 1.60. The molecule has 2 aliphatic rings. The molecule has 1 aliphatic carbocycles. The number of amides is 2. The number of thiophene rings is 2. The molecule has 2 amide bonds. The van der Waals surface area contributed by atoms with E-state index in [0.29, 0.717) is 34.6 Å². The number of hydrogen-bond acceptors (Lipinski definition) is 8. The van der Waals surface area contributed by atoms with Crippen molar-refractivity contribution in [1.29, 1.82) is 5.26 Å². The van der Waals surface area contributed by atoms with Crippen LogP contribution in [-0.4, -0.2) is 37.0 Å². The van der Waals surface area contributed by atoms with Crippen molar-refractivity contribution in [3.8, 4) is 11.1 Å². The second-order valence-electron chi connectivity index (χ2n) is 8.02. The smallest absolute Gasteiger partial charge is 0.399 e. The highest BCUT2D eigenvalue weighted by atomic mass is 35.5. The Morgan fingerprint density at radius 3 is 2.46 bits per heavy atom. The Labute approximate surface area is 231 Å². The number of fused-ring (bicyclic) bond motifs is 1. The van der Waals surface area contributed by atoms with E-state index in [2.05, 4.69) is 15.8 Å². The van der Waals surface area contributed by atoms with Crippen LogP contribution in [0.25, 0.3) is 0 Å². The molecule has 8 nitrogen and oxygen atoms in total. The standard InChI is InChI=1S/C21H16Cl3F3N4O4S2/c22-13-14(23)17(24)37-16(13)20(21(25,26)27)7-11(31-35-20)15-9-3-1-2-4-10(9)18(36-15)34-19(33)30-8-12(32)29-6-5-28/h1-4,6-8H2,(H,29,32)(H,30,33). The minimum atomic E-state index is -4.90. The van der Waals surface area contributed by atoms with Gasteiger partial charge in [-0.3, -0.25) is 4.79 Å². The number of nitrogens with zero attached hydrogens (tertiary/aromatic N) is 2. The molecule has 0 bridgehead atoms. The van der Waals surface area contributed by atoms with Gasteiger partial charge in [-0.1, -0.05) is 51.3 Å². The summed E-state index contributed by atoms with van der Waals surface area (Å²) in [6.45, 7) is -0.627. The van der Waals surface area contributed by atoms with Gasteiger partial charge in [0.25, 0.3) is 5.60 Å². The molecule has 0 radical (unpaired) electrons. The second kappa shape index (κ2) is 10.9. The lowest BCUT2D eigenvalue weighted by Crippen LogP contribution is -2.42. The Morgan fingerprint density at radius 2 is 1.84 bits per heavy atom. The number of nitrogens with one attached hydrogen (secondary N) is 2. The Bertz CT molecular complexity index is 1320. The summed E-state index contributed by atoms with van der Waals surface area (Å²) < 4.78 is 48.5. The molecule has 1 atom stereocenters. The molecule has 3 heterocycles. The number of carbonyl (C=O) groups excluding carboxylic acids is 2. The molecule has 2 N–H and O–H groups in total. The fourth-order valence-corrected chi connectivity index (χ4v) is 7.21. The van der Waals surface area contributed by atoms with Crippen molar-refractivity contribution in [2.75, 3.05) is 13.1 Å². The summed E-state index contributed by atoms with van der Waals surface area (Å²) in [4.78, 5) is 29.0. The van der Waals surface area contributed by atoms with Gasteiger partial charge in [0, 0.05) is 5.56 Å².